The second kappa shape index (κ2) is 5.40. The molecule has 1 fully saturated rings. The first kappa shape index (κ1) is 14.2. The summed E-state index contributed by atoms with van der Waals surface area (Å²) in [5.74, 6) is 1.09. The third-order valence-electron chi connectivity index (χ3n) is 3.07. The van der Waals surface area contributed by atoms with Crippen LogP contribution in [0.4, 0.5) is 4.79 Å². The van der Waals surface area contributed by atoms with E-state index in [-0.39, 0.29) is 25.1 Å². The van der Waals surface area contributed by atoms with Gasteiger partial charge in [0.2, 0.25) is 0 Å². The third-order valence-corrected chi connectivity index (χ3v) is 3.07. The smallest absolute Gasteiger partial charge is 0.325 e. The van der Waals surface area contributed by atoms with E-state index in [1.165, 1.54) is 4.90 Å². The predicted octanol–water partition coefficient (Wildman–Crippen LogP) is 1.40. The number of amides is 3. The Morgan fingerprint density at radius 2 is 1.95 bits per heavy atom. The van der Waals surface area contributed by atoms with Gasteiger partial charge in [0.15, 0.2) is 0 Å². The van der Waals surface area contributed by atoms with Crippen molar-refractivity contribution in [2.45, 2.75) is 19.4 Å². The second-order valence-corrected chi connectivity index (χ2v) is 5.04. The van der Waals surface area contributed by atoms with Crippen molar-refractivity contribution in [1.82, 2.24) is 10.2 Å². The third kappa shape index (κ3) is 2.84. The Balaban J connectivity index is 1.90. The van der Waals surface area contributed by atoms with E-state index >= 15 is 0 Å². The Hall–Kier alpha value is -2.24. The number of carbonyl (C=O) groups excluding carboxylic acids is 2. The lowest BCUT2D eigenvalue weighted by Gasteiger charge is -2.16. The molecule has 0 aliphatic carbocycles. The van der Waals surface area contributed by atoms with Crippen LogP contribution in [-0.4, -0.2) is 42.6 Å². The van der Waals surface area contributed by atoms with Crippen LogP contribution in [0.3, 0.4) is 0 Å². The summed E-state index contributed by atoms with van der Waals surface area (Å²) in [6, 6.07) is 6.78. The molecule has 0 bridgehead atoms. The van der Waals surface area contributed by atoms with Crippen LogP contribution in [0.15, 0.2) is 24.3 Å². The van der Waals surface area contributed by atoms with Gasteiger partial charge in [-0.3, -0.25) is 9.69 Å². The SMILES string of the molecule is COc1cccc(OCCN2C(=O)NC(C)(C)C2=O)c1. The van der Waals surface area contributed by atoms with Crippen molar-refractivity contribution in [2.24, 2.45) is 0 Å². The molecular weight excluding hydrogens is 260 g/mol. The lowest BCUT2D eigenvalue weighted by atomic mass is 10.1. The second-order valence-electron chi connectivity index (χ2n) is 5.04. The number of benzene rings is 1. The number of nitrogens with one attached hydrogen (secondary N) is 1. The van der Waals surface area contributed by atoms with Gasteiger partial charge in [-0.1, -0.05) is 6.07 Å². The van der Waals surface area contributed by atoms with Gasteiger partial charge >= 0.3 is 6.03 Å². The highest BCUT2D eigenvalue weighted by Gasteiger charge is 2.43. The van der Waals surface area contributed by atoms with Gasteiger partial charge in [-0.15, -0.1) is 0 Å². The average molecular weight is 278 g/mol. The minimum Gasteiger partial charge on any atom is -0.497 e. The maximum Gasteiger partial charge on any atom is 0.325 e. The van der Waals surface area contributed by atoms with Crippen molar-refractivity contribution >= 4 is 11.9 Å². The fourth-order valence-corrected chi connectivity index (χ4v) is 1.97. The zero-order valence-electron chi connectivity index (χ0n) is 11.8. The summed E-state index contributed by atoms with van der Waals surface area (Å²) >= 11 is 0. The van der Waals surface area contributed by atoms with E-state index in [9.17, 15) is 9.59 Å². The molecule has 0 radical (unpaired) electrons. The predicted molar refractivity (Wildman–Crippen MR) is 72.8 cm³/mol. The molecule has 6 heteroatoms. The van der Waals surface area contributed by atoms with Crippen molar-refractivity contribution in [3.05, 3.63) is 24.3 Å². The van der Waals surface area contributed by atoms with Gasteiger partial charge in [0.25, 0.3) is 5.91 Å². The zero-order chi connectivity index (χ0) is 14.8. The number of nitrogens with zero attached hydrogens (tertiary/aromatic N) is 1. The number of urea groups is 1. The first-order valence-electron chi connectivity index (χ1n) is 6.35. The van der Waals surface area contributed by atoms with Crippen LogP contribution in [0.2, 0.25) is 0 Å². The van der Waals surface area contributed by atoms with Crippen molar-refractivity contribution in [1.29, 1.82) is 0 Å². The first-order valence-corrected chi connectivity index (χ1v) is 6.35. The maximum atomic E-state index is 11.9. The lowest BCUT2D eigenvalue weighted by molar-refractivity contribution is -0.130. The number of methoxy groups -OCH3 is 1. The molecule has 1 saturated heterocycles. The summed E-state index contributed by atoms with van der Waals surface area (Å²) in [5, 5.41) is 2.62. The molecule has 20 heavy (non-hydrogen) atoms. The van der Waals surface area contributed by atoms with Crippen molar-refractivity contribution in [3.63, 3.8) is 0 Å². The fraction of sp³-hybridized carbons (Fsp3) is 0.429. The minimum atomic E-state index is -0.840. The highest BCUT2D eigenvalue weighted by Crippen LogP contribution is 2.19. The largest absolute Gasteiger partial charge is 0.497 e. The van der Waals surface area contributed by atoms with E-state index in [2.05, 4.69) is 5.32 Å². The van der Waals surface area contributed by atoms with E-state index in [4.69, 9.17) is 9.47 Å². The highest BCUT2D eigenvalue weighted by molar-refractivity contribution is 6.06. The van der Waals surface area contributed by atoms with Crippen LogP contribution in [0.5, 0.6) is 11.5 Å². The van der Waals surface area contributed by atoms with Gasteiger partial charge in [-0.25, -0.2) is 4.79 Å². The molecule has 3 amide bonds. The van der Waals surface area contributed by atoms with Gasteiger partial charge in [0, 0.05) is 6.07 Å². The van der Waals surface area contributed by atoms with Crippen LogP contribution in [0.1, 0.15) is 13.8 Å². The molecule has 1 aliphatic heterocycles. The summed E-state index contributed by atoms with van der Waals surface area (Å²) in [5.41, 5.74) is -0.840. The van der Waals surface area contributed by atoms with Crippen LogP contribution in [-0.2, 0) is 4.79 Å². The summed E-state index contributed by atoms with van der Waals surface area (Å²) in [4.78, 5) is 24.8. The molecule has 1 N–H and O–H groups in total. The number of hydrogen-bond donors (Lipinski definition) is 1. The summed E-state index contributed by atoms with van der Waals surface area (Å²) < 4.78 is 10.6. The molecule has 1 aromatic carbocycles. The van der Waals surface area contributed by atoms with Gasteiger partial charge in [0.05, 0.1) is 13.7 Å². The lowest BCUT2D eigenvalue weighted by Crippen LogP contribution is -2.40. The Morgan fingerprint density at radius 3 is 2.55 bits per heavy atom. The zero-order valence-corrected chi connectivity index (χ0v) is 11.8. The Morgan fingerprint density at radius 1 is 1.25 bits per heavy atom. The monoisotopic (exact) mass is 278 g/mol. The molecule has 6 nitrogen and oxygen atoms in total. The van der Waals surface area contributed by atoms with E-state index in [0.717, 1.165) is 0 Å². The van der Waals surface area contributed by atoms with Crippen LogP contribution < -0.4 is 14.8 Å². The maximum absolute atomic E-state index is 11.9. The van der Waals surface area contributed by atoms with Crippen molar-refractivity contribution in [2.75, 3.05) is 20.3 Å². The number of rotatable bonds is 5. The Kier molecular flexibility index (Phi) is 3.83. The van der Waals surface area contributed by atoms with E-state index in [0.29, 0.717) is 11.5 Å². The van der Waals surface area contributed by atoms with Crippen LogP contribution >= 0.6 is 0 Å². The molecule has 1 aromatic rings. The van der Waals surface area contributed by atoms with Crippen molar-refractivity contribution in [3.8, 4) is 11.5 Å². The van der Waals surface area contributed by atoms with Crippen LogP contribution in [0, 0.1) is 0 Å². The average Bonchev–Trinajstić information content (AvgIpc) is 2.61. The molecule has 0 spiro atoms. The van der Waals surface area contributed by atoms with E-state index in [1.807, 2.05) is 12.1 Å². The van der Waals surface area contributed by atoms with Gasteiger partial charge in [0.1, 0.15) is 23.6 Å². The standard InChI is InChI=1S/C14H18N2O4/c1-14(2)12(17)16(13(18)15-14)7-8-20-11-6-4-5-10(9-11)19-3/h4-6,9H,7-8H2,1-3H3,(H,15,18). The number of hydrogen-bond acceptors (Lipinski definition) is 4. The molecular formula is C14H18N2O4. The van der Waals surface area contributed by atoms with Gasteiger partial charge in [-0.2, -0.15) is 0 Å². The van der Waals surface area contributed by atoms with Gasteiger partial charge in [-0.05, 0) is 26.0 Å². The quantitative estimate of drug-likeness (QED) is 0.827. The molecule has 1 heterocycles. The fourth-order valence-electron chi connectivity index (χ4n) is 1.97. The summed E-state index contributed by atoms with van der Waals surface area (Å²) in [7, 11) is 1.58. The van der Waals surface area contributed by atoms with Gasteiger partial charge < -0.3 is 14.8 Å². The molecule has 0 saturated carbocycles. The van der Waals surface area contributed by atoms with E-state index in [1.54, 1.807) is 33.1 Å². The molecule has 108 valence electrons. The Labute approximate surface area is 117 Å². The Bertz CT molecular complexity index is 528. The molecule has 2 rings (SSSR count). The first-order chi connectivity index (χ1) is 9.44. The normalized spacial score (nSPS) is 17.1. The van der Waals surface area contributed by atoms with E-state index < -0.39 is 5.54 Å². The molecule has 0 unspecified atom stereocenters. The molecule has 0 atom stereocenters. The number of carbonyl (C=O) groups is 2. The topological polar surface area (TPSA) is 67.9 Å². The number of ether oxygens (including phenoxy) is 2. The minimum absolute atomic E-state index is 0.214. The van der Waals surface area contributed by atoms with Crippen molar-refractivity contribution < 1.29 is 19.1 Å². The molecule has 0 aromatic heterocycles. The summed E-state index contributed by atoms with van der Waals surface area (Å²) in [6.45, 7) is 3.81. The number of imide groups is 1. The summed E-state index contributed by atoms with van der Waals surface area (Å²) in [6.07, 6.45) is 0. The molecule has 1 aliphatic rings. The van der Waals surface area contributed by atoms with Crippen LogP contribution in [0.25, 0.3) is 0 Å². The highest BCUT2D eigenvalue weighted by atomic mass is 16.5.